The molecule has 0 N–H and O–H groups in total. The number of nitrogens with zero attached hydrogens (tertiary/aromatic N) is 6. The molecule has 3 heterocycles. The van der Waals surface area contributed by atoms with Crippen molar-refractivity contribution in [1.29, 1.82) is 0 Å². The van der Waals surface area contributed by atoms with Crippen LogP contribution in [0.1, 0.15) is 18.5 Å². The highest BCUT2D eigenvalue weighted by Crippen LogP contribution is 2.23. The van der Waals surface area contributed by atoms with E-state index in [0.29, 0.717) is 5.92 Å². The molecule has 1 atom stereocenters. The molecule has 0 bridgehead atoms. The van der Waals surface area contributed by atoms with Crippen LogP contribution >= 0.6 is 0 Å². The van der Waals surface area contributed by atoms with Crippen molar-refractivity contribution in [2.45, 2.75) is 19.8 Å². The summed E-state index contributed by atoms with van der Waals surface area (Å²) in [6.45, 7) is 7.19. The third kappa shape index (κ3) is 3.79. The lowest BCUT2D eigenvalue weighted by Gasteiger charge is -2.35. The van der Waals surface area contributed by atoms with Crippen LogP contribution in [0.15, 0.2) is 12.4 Å². The molecule has 0 amide bonds. The minimum absolute atomic E-state index is 0.669. The van der Waals surface area contributed by atoms with Gasteiger partial charge in [-0.1, -0.05) is 0 Å². The maximum absolute atomic E-state index is 5.21. The Morgan fingerprint density at radius 1 is 1.43 bits per heavy atom. The van der Waals surface area contributed by atoms with Crippen LogP contribution in [0.25, 0.3) is 5.65 Å². The fourth-order valence-corrected chi connectivity index (χ4v) is 3.42. The number of aryl methyl sites for hydroxylation is 1. The summed E-state index contributed by atoms with van der Waals surface area (Å²) in [5, 5.41) is 12.6. The van der Waals surface area contributed by atoms with E-state index in [4.69, 9.17) is 4.74 Å². The van der Waals surface area contributed by atoms with Crippen LogP contribution in [0, 0.1) is 12.8 Å². The Morgan fingerprint density at radius 3 is 3.13 bits per heavy atom. The summed E-state index contributed by atoms with van der Waals surface area (Å²) in [7, 11) is 3.91. The van der Waals surface area contributed by atoms with Gasteiger partial charge in [-0.05, 0) is 38.3 Å². The van der Waals surface area contributed by atoms with E-state index in [1.165, 1.54) is 19.4 Å². The summed E-state index contributed by atoms with van der Waals surface area (Å²) < 4.78 is 6.96. The number of anilines is 1. The number of piperidine rings is 1. The number of rotatable bonds is 6. The zero-order chi connectivity index (χ0) is 16.2. The second kappa shape index (κ2) is 7.23. The molecule has 126 valence electrons. The Bertz CT molecular complexity index is 643. The summed E-state index contributed by atoms with van der Waals surface area (Å²) in [4.78, 5) is 4.80. The van der Waals surface area contributed by atoms with Gasteiger partial charge in [-0.25, -0.2) is 0 Å². The number of methoxy groups -OCH3 is 1. The molecular weight excluding hydrogens is 292 g/mol. The Labute approximate surface area is 137 Å². The molecule has 2 aromatic rings. The lowest BCUT2D eigenvalue weighted by molar-refractivity contribution is 0.116. The Balaban J connectivity index is 1.68. The molecule has 3 rings (SSSR count). The average molecular weight is 318 g/mol. The molecular formula is C16H26N6O. The number of hydrogen-bond donors (Lipinski definition) is 0. The van der Waals surface area contributed by atoms with Crippen molar-refractivity contribution in [2.24, 2.45) is 5.92 Å². The molecule has 7 heteroatoms. The van der Waals surface area contributed by atoms with Gasteiger partial charge in [0.2, 0.25) is 5.65 Å². The van der Waals surface area contributed by atoms with E-state index in [-0.39, 0.29) is 0 Å². The van der Waals surface area contributed by atoms with Crippen LogP contribution in [0.5, 0.6) is 0 Å². The first-order valence-electron chi connectivity index (χ1n) is 8.27. The van der Waals surface area contributed by atoms with Gasteiger partial charge in [-0.3, -0.25) is 0 Å². The molecule has 0 aliphatic carbocycles. The SMILES string of the molecule is COCCN1CCCC(CN(C)c2cc(C)nn3cnnc23)C1. The highest BCUT2D eigenvalue weighted by Gasteiger charge is 2.22. The second-order valence-corrected chi connectivity index (χ2v) is 6.45. The largest absolute Gasteiger partial charge is 0.383 e. The van der Waals surface area contributed by atoms with E-state index in [2.05, 4.69) is 38.2 Å². The Hall–Kier alpha value is -1.73. The van der Waals surface area contributed by atoms with Crippen molar-refractivity contribution in [3.05, 3.63) is 18.1 Å². The molecule has 0 radical (unpaired) electrons. The number of fused-ring (bicyclic) bond motifs is 1. The van der Waals surface area contributed by atoms with Gasteiger partial charge in [0, 0.05) is 33.8 Å². The minimum atomic E-state index is 0.669. The monoisotopic (exact) mass is 318 g/mol. The lowest BCUT2D eigenvalue weighted by atomic mass is 9.97. The minimum Gasteiger partial charge on any atom is -0.383 e. The summed E-state index contributed by atoms with van der Waals surface area (Å²) in [5.41, 5.74) is 2.90. The predicted octanol–water partition coefficient (Wildman–Crippen LogP) is 1.23. The van der Waals surface area contributed by atoms with Gasteiger partial charge in [-0.15, -0.1) is 10.2 Å². The number of hydrogen-bond acceptors (Lipinski definition) is 6. The summed E-state index contributed by atoms with van der Waals surface area (Å²) in [6.07, 6.45) is 4.20. The van der Waals surface area contributed by atoms with E-state index < -0.39 is 0 Å². The fraction of sp³-hybridized carbons (Fsp3) is 0.688. The van der Waals surface area contributed by atoms with Crippen LogP contribution < -0.4 is 4.90 Å². The van der Waals surface area contributed by atoms with Gasteiger partial charge >= 0.3 is 0 Å². The fourth-order valence-electron chi connectivity index (χ4n) is 3.42. The molecule has 1 unspecified atom stereocenters. The highest BCUT2D eigenvalue weighted by molar-refractivity contribution is 5.67. The van der Waals surface area contributed by atoms with E-state index in [1.54, 1.807) is 18.0 Å². The third-order valence-electron chi connectivity index (χ3n) is 4.53. The van der Waals surface area contributed by atoms with Crippen LogP contribution in [0.3, 0.4) is 0 Å². The summed E-state index contributed by atoms with van der Waals surface area (Å²) in [5.74, 6) is 0.669. The van der Waals surface area contributed by atoms with Crippen molar-refractivity contribution >= 4 is 11.3 Å². The van der Waals surface area contributed by atoms with Crippen molar-refractivity contribution < 1.29 is 4.74 Å². The zero-order valence-electron chi connectivity index (χ0n) is 14.3. The summed E-state index contributed by atoms with van der Waals surface area (Å²) in [6, 6.07) is 2.09. The normalized spacial score (nSPS) is 19.3. The number of ether oxygens (including phenoxy) is 1. The van der Waals surface area contributed by atoms with Crippen molar-refractivity contribution in [1.82, 2.24) is 24.7 Å². The number of aromatic nitrogens is 4. The van der Waals surface area contributed by atoms with Crippen LogP contribution in [0.2, 0.25) is 0 Å². The van der Waals surface area contributed by atoms with E-state index in [9.17, 15) is 0 Å². The standard InChI is InChI=1S/C16H26N6O/c1-13-9-15(16-18-17-12-22(16)19-13)20(2)10-14-5-4-6-21(11-14)7-8-23-3/h9,12,14H,4-8,10-11H2,1-3H3. The molecule has 23 heavy (non-hydrogen) atoms. The molecule has 2 aromatic heterocycles. The zero-order valence-corrected chi connectivity index (χ0v) is 14.3. The predicted molar refractivity (Wildman–Crippen MR) is 89.8 cm³/mol. The van der Waals surface area contributed by atoms with Crippen molar-refractivity contribution in [3.63, 3.8) is 0 Å². The lowest BCUT2D eigenvalue weighted by Crippen LogP contribution is -2.41. The summed E-state index contributed by atoms with van der Waals surface area (Å²) >= 11 is 0. The van der Waals surface area contributed by atoms with Gasteiger partial charge in [0.05, 0.1) is 18.0 Å². The number of likely N-dealkylation sites (tertiary alicyclic amines) is 1. The molecule has 1 aliphatic heterocycles. The van der Waals surface area contributed by atoms with E-state index in [1.807, 2.05) is 6.92 Å². The molecule has 0 spiro atoms. The molecule has 7 nitrogen and oxygen atoms in total. The van der Waals surface area contributed by atoms with Gasteiger partial charge in [0.25, 0.3) is 0 Å². The van der Waals surface area contributed by atoms with Crippen molar-refractivity contribution in [2.75, 3.05) is 51.8 Å². The van der Waals surface area contributed by atoms with E-state index >= 15 is 0 Å². The van der Waals surface area contributed by atoms with Gasteiger partial charge in [-0.2, -0.15) is 9.61 Å². The Morgan fingerprint density at radius 2 is 2.30 bits per heavy atom. The average Bonchev–Trinajstić information content (AvgIpc) is 3.00. The van der Waals surface area contributed by atoms with E-state index in [0.717, 1.165) is 43.3 Å². The molecule has 0 saturated carbocycles. The van der Waals surface area contributed by atoms with Crippen LogP contribution in [0.4, 0.5) is 5.69 Å². The first-order chi connectivity index (χ1) is 11.2. The smallest absolute Gasteiger partial charge is 0.200 e. The molecule has 0 aromatic carbocycles. The first-order valence-corrected chi connectivity index (χ1v) is 8.27. The van der Waals surface area contributed by atoms with Crippen LogP contribution in [-0.2, 0) is 4.74 Å². The Kier molecular flexibility index (Phi) is 5.07. The quantitative estimate of drug-likeness (QED) is 0.798. The molecule has 1 saturated heterocycles. The molecule has 1 fully saturated rings. The highest BCUT2D eigenvalue weighted by atomic mass is 16.5. The van der Waals surface area contributed by atoms with Crippen molar-refractivity contribution in [3.8, 4) is 0 Å². The topological polar surface area (TPSA) is 58.8 Å². The van der Waals surface area contributed by atoms with Gasteiger partial charge < -0.3 is 14.5 Å². The third-order valence-corrected chi connectivity index (χ3v) is 4.53. The van der Waals surface area contributed by atoms with Gasteiger partial charge in [0.1, 0.15) is 6.33 Å². The van der Waals surface area contributed by atoms with Gasteiger partial charge in [0.15, 0.2) is 0 Å². The maximum Gasteiger partial charge on any atom is 0.200 e. The first kappa shape index (κ1) is 16.1. The van der Waals surface area contributed by atoms with Crippen LogP contribution in [-0.4, -0.2) is 71.7 Å². The maximum atomic E-state index is 5.21. The molecule has 1 aliphatic rings. The second-order valence-electron chi connectivity index (χ2n) is 6.45.